The number of benzene rings is 1. The molecule has 1 aliphatic rings. The van der Waals surface area contributed by atoms with Gasteiger partial charge in [0.1, 0.15) is 17.7 Å². The Bertz CT molecular complexity index is 934. The van der Waals surface area contributed by atoms with Crippen LogP contribution in [0.1, 0.15) is 6.92 Å². The van der Waals surface area contributed by atoms with E-state index in [2.05, 4.69) is 27.6 Å². The van der Waals surface area contributed by atoms with Crippen LogP contribution in [0.15, 0.2) is 60.9 Å². The van der Waals surface area contributed by atoms with Crippen LogP contribution in [0.2, 0.25) is 0 Å². The molecular formula is C22H29FN6O2. The lowest BCUT2D eigenvalue weighted by Crippen LogP contribution is -2.37. The van der Waals surface area contributed by atoms with Crippen molar-refractivity contribution in [3.8, 4) is 11.1 Å². The third kappa shape index (κ3) is 5.52. The van der Waals surface area contributed by atoms with E-state index in [1.165, 1.54) is 6.07 Å². The summed E-state index contributed by atoms with van der Waals surface area (Å²) in [5, 5.41) is 17.4. The van der Waals surface area contributed by atoms with Crippen LogP contribution in [-0.2, 0) is 4.74 Å². The van der Waals surface area contributed by atoms with Crippen LogP contribution < -0.4 is 21.0 Å². The summed E-state index contributed by atoms with van der Waals surface area (Å²) < 4.78 is 20.3. The van der Waals surface area contributed by atoms with Crippen molar-refractivity contribution in [1.82, 2.24) is 20.7 Å². The summed E-state index contributed by atoms with van der Waals surface area (Å²) in [7, 11) is 3.71. The first-order valence-electron chi connectivity index (χ1n) is 9.99. The molecule has 1 aliphatic heterocycles. The quantitative estimate of drug-likeness (QED) is 0.358. The van der Waals surface area contributed by atoms with Crippen molar-refractivity contribution in [3.05, 3.63) is 66.7 Å². The number of aliphatic hydroxyl groups excluding tert-OH is 1. The highest BCUT2D eigenvalue weighted by atomic mass is 19.1. The van der Waals surface area contributed by atoms with Gasteiger partial charge in [0.25, 0.3) is 0 Å². The molecular weight excluding hydrogens is 399 g/mol. The summed E-state index contributed by atoms with van der Waals surface area (Å²) >= 11 is 0. The molecule has 1 aromatic heterocycles. The zero-order chi connectivity index (χ0) is 22.4. The van der Waals surface area contributed by atoms with Gasteiger partial charge in [-0.25, -0.2) is 14.8 Å². The van der Waals surface area contributed by atoms with Crippen molar-refractivity contribution in [1.29, 1.82) is 0 Å². The minimum Gasteiger partial charge on any atom is -0.472 e. The fourth-order valence-corrected chi connectivity index (χ4v) is 3.30. The first kappa shape index (κ1) is 22.5. The van der Waals surface area contributed by atoms with Gasteiger partial charge in [0.15, 0.2) is 5.88 Å². The predicted molar refractivity (Wildman–Crippen MR) is 120 cm³/mol. The molecule has 0 amide bonds. The molecule has 1 unspecified atom stereocenters. The number of hydrogen-bond acceptors (Lipinski definition) is 8. The first-order chi connectivity index (χ1) is 14.9. The van der Waals surface area contributed by atoms with E-state index < -0.39 is 0 Å². The van der Waals surface area contributed by atoms with E-state index in [-0.39, 0.29) is 18.5 Å². The number of anilines is 2. The Morgan fingerprint density at radius 1 is 1.39 bits per heavy atom. The SMILES string of the molecule is C=C1OC(CO)CN1c1ccc(-c2ccc(N/C(C)=C/N(CNC)NC)nc2)c(F)c1. The topological polar surface area (TPSA) is 84.9 Å². The minimum absolute atomic E-state index is 0.112. The highest BCUT2D eigenvalue weighted by molar-refractivity contribution is 5.68. The number of aromatic nitrogens is 1. The van der Waals surface area contributed by atoms with Gasteiger partial charge >= 0.3 is 0 Å². The van der Waals surface area contributed by atoms with Gasteiger partial charge in [-0.15, -0.1) is 0 Å². The van der Waals surface area contributed by atoms with Gasteiger partial charge in [0.05, 0.1) is 19.8 Å². The number of hydrazine groups is 1. The maximum atomic E-state index is 14.8. The molecule has 0 spiro atoms. The molecule has 1 aromatic carbocycles. The number of nitrogens with one attached hydrogen (secondary N) is 3. The third-order valence-corrected chi connectivity index (χ3v) is 4.82. The van der Waals surface area contributed by atoms with E-state index in [9.17, 15) is 9.50 Å². The molecule has 31 heavy (non-hydrogen) atoms. The number of hydrogen-bond donors (Lipinski definition) is 4. The van der Waals surface area contributed by atoms with E-state index >= 15 is 0 Å². The normalized spacial score (nSPS) is 16.4. The summed E-state index contributed by atoms with van der Waals surface area (Å²) in [6.07, 6.45) is 3.20. The van der Waals surface area contributed by atoms with Gasteiger partial charge in [0.2, 0.25) is 0 Å². The zero-order valence-electron chi connectivity index (χ0n) is 18.0. The minimum atomic E-state index is -0.368. The van der Waals surface area contributed by atoms with Gasteiger partial charge in [0, 0.05) is 42.0 Å². The predicted octanol–water partition coefficient (Wildman–Crippen LogP) is 2.44. The Balaban J connectivity index is 1.71. The van der Waals surface area contributed by atoms with Crippen LogP contribution in [-0.4, -0.2) is 55.1 Å². The monoisotopic (exact) mass is 428 g/mol. The molecule has 1 saturated heterocycles. The average molecular weight is 429 g/mol. The second-order valence-electron chi connectivity index (χ2n) is 7.17. The molecule has 4 N–H and O–H groups in total. The smallest absolute Gasteiger partial charge is 0.186 e. The molecule has 0 radical (unpaired) electrons. The summed E-state index contributed by atoms with van der Waals surface area (Å²) in [5.41, 5.74) is 5.71. The van der Waals surface area contributed by atoms with Crippen LogP contribution in [0.5, 0.6) is 0 Å². The van der Waals surface area contributed by atoms with Crippen molar-refractivity contribution in [2.45, 2.75) is 13.0 Å². The highest BCUT2D eigenvalue weighted by Crippen LogP contribution is 2.31. The molecule has 1 fully saturated rings. The van der Waals surface area contributed by atoms with Crippen molar-refractivity contribution in [3.63, 3.8) is 0 Å². The van der Waals surface area contributed by atoms with Crippen molar-refractivity contribution < 1.29 is 14.2 Å². The van der Waals surface area contributed by atoms with E-state index in [1.807, 2.05) is 44.4 Å². The second kappa shape index (κ2) is 10.3. The number of pyridine rings is 1. The molecule has 1 atom stereocenters. The number of aliphatic hydroxyl groups is 1. The van der Waals surface area contributed by atoms with Crippen molar-refractivity contribution >= 4 is 11.5 Å². The Morgan fingerprint density at radius 2 is 2.19 bits per heavy atom. The Morgan fingerprint density at radius 3 is 2.77 bits per heavy atom. The summed E-state index contributed by atoms with van der Waals surface area (Å²) in [6, 6.07) is 8.59. The summed E-state index contributed by atoms with van der Waals surface area (Å²) in [5.74, 6) is 0.696. The first-order valence-corrected chi connectivity index (χ1v) is 9.99. The molecule has 3 rings (SSSR count). The van der Waals surface area contributed by atoms with Crippen molar-refractivity contribution in [2.24, 2.45) is 0 Å². The molecule has 2 aromatic rings. The zero-order valence-corrected chi connectivity index (χ0v) is 18.0. The van der Waals surface area contributed by atoms with E-state index in [0.717, 1.165) is 5.70 Å². The van der Waals surface area contributed by atoms with Gasteiger partial charge in [-0.3, -0.25) is 0 Å². The largest absolute Gasteiger partial charge is 0.472 e. The Hall–Kier alpha value is -3.14. The van der Waals surface area contributed by atoms with E-state index in [0.29, 0.717) is 41.7 Å². The number of halogens is 1. The Labute approximate surface area is 182 Å². The highest BCUT2D eigenvalue weighted by Gasteiger charge is 2.27. The summed E-state index contributed by atoms with van der Waals surface area (Å²) in [6.45, 7) is 6.73. The molecule has 166 valence electrons. The fourth-order valence-electron chi connectivity index (χ4n) is 3.30. The lowest BCUT2D eigenvalue weighted by atomic mass is 10.1. The molecule has 9 heteroatoms. The average Bonchev–Trinajstić information content (AvgIpc) is 3.15. The standard InChI is InChI=1S/C22H29FN6O2/c1-15(11-28(25-4)14-24-3)27-22-8-5-17(10-26-22)20-7-6-18(9-21(20)23)29-12-19(13-30)31-16(29)2/h5-11,19,24-25,30H,2,12-14H2,1,3-4H3,(H,26,27)/b15-11+. The fraction of sp³-hybridized carbons (Fsp3) is 0.318. The number of nitrogens with zero attached hydrogens (tertiary/aromatic N) is 3. The molecule has 8 nitrogen and oxygen atoms in total. The molecule has 0 bridgehead atoms. The molecule has 2 heterocycles. The van der Waals surface area contributed by atoms with Crippen LogP contribution in [0.25, 0.3) is 11.1 Å². The third-order valence-electron chi connectivity index (χ3n) is 4.82. The van der Waals surface area contributed by atoms with E-state index in [1.54, 1.807) is 23.2 Å². The van der Waals surface area contributed by atoms with Crippen LogP contribution >= 0.6 is 0 Å². The number of ether oxygens (including phenoxy) is 1. The number of rotatable bonds is 9. The van der Waals surface area contributed by atoms with Gasteiger partial charge in [-0.05, 0) is 50.9 Å². The van der Waals surface area contributed by atoms with E-state index in [4.69, 9.17) is 4.74 Å². The lowest BCUT2D eigenvalue weighted by Gasteiger charge is -2.19. The number of allylic oxidation sites excluding steroid dienone is 1. The van der Waals surface area contributed by atoms with Gasteiger partial charge < -0.3 is 30.4 Å². The maximum absolute atomic E-state index is 14.8. The summed E-state index contributed by atoms with van der Waals surface area (Å²) in [4.78, 5) is 6.15. The van der Waals surface area contributed by atoms with Crippen LogP contribution in [0, 0.1) is 5.82 Å². The van der Waals surface area contributed by atoms with Crippen molar-refractivity contribution in [2.75, 3.05) is 44.1 Å². The van der Waals surface area contributed by atoms with Crippen LogP contribution in [0.3, 0.4) is 0 Å². The second-order valence-corrected chi connectivity index (χ2v) is 7.17. The molecule has 0 aliphatic carbocycles. The maximum Gasteiger partial charge on any atom is 0.186 e. The van der Waals surface area contributed by atoms with Gasteiger partial charge in [-0.1, -0.05) is 0 Å². The Kier molecular flexibility index (Phi) is 7.45. The lowest BCUT2D eigenvalue weighted by molar-refractivity contribution is 0.0989. The van der Waals surface area contributed by atoms with Crippen LogP contribution in [0.4, 0.5) is 15.9 Å². The molecule has 0 saturated carbocycles. The van der Waals surface area contributed by atoms with Gasteiger partial charge in [-0.2, -0.15) is 0 Å².